The molecule has 0 aromatic heterocycles. The standard InChI is InChI=1S/C15H22O2/c1-9(2)11-8-12(10(3)7-13(11)16)14(17)15(4,5)6/h7-9,16H,1-6H3. The molecule has 0 saturated carbocycles. The van der Waals surface area contributed by atoms with Crippen molar-refractivity contribution in [2.24, 2.45) is 5.41 Å². The average molecular weight is 234 g/mol. The number of hydrogen-bond acceptors (Lipinski definition) is 2. The maximum atomic E-state index is 12.3. The van der Waals surface area contributed by atoms with E-state index in [1.807, 2.05) is 47.6 Å². The number of aromatic hydroxyl groups is 1. The Labute approximate surface area is 104 Å². The Kier molecular flexibility index (Phi) is 3.65. The zero-order chi connectivity index (χ0) is 13.4. The number of carbonyl (C=O) groups is 1. The maximum Gasteiger partial charge on any atom is 0.168 e. The van der Waals surface area contributed by atoms with Gasteiger partial charge in [-0.2, -0.15) is 0 Å². The van der Waals surface area contributed by atoms with Crippen LogP contribution in [0.2, 0.25) is 0 Å². The molecule has 0 aliphatic rings. The van der Waals surface area contributed by atoms with Gasteiger partial charge in [0.05, 0.1) is 0 Å². The molecule has 2 nitrogen and oxygen atoms in total. The summed E-state index contributed by atoms with van der Waals surface area (Å²) in [6, 6.07) is 3.53. The van der Waals surface area contributed by atoms with E-state index in [2.05, 4.69) is 0 Å². The van der Waals surface area contributed by atoms with Crippen LogP contribution < -0.4 is 0 Å². The Morgan fingerprint density at radius 2 is 1.76 bits per heavy atom. The smallest absolute Gasteiger partial charge is 0.168 e. The van der Waals surface area contributed by atoms with Crippen molar-refractivity contribution in [2.75, 3.05) is 0 Å². The molecule has 1 rings (SSSR count). The number of ketones is 1. The Balaban J connectivity index is 3.35. The molecule has 0 amide bonds. The van der Waals surface area contributed by atoms with E-state index in [9.17, 15) is 9.90 Å². The summed E-state index contributed by atoms with van der Waals surface area (Å²) >= 11 is 0. The number of hydrogen-bond donors (Lipinski definition) is 1. The van der Waals surface area contributed by atoms with E-state index in [0.717, 1.165) is 16.7 Å². The van der Waals surface area contributed by atoms with Crippen LogP contribution in [0.4, 0.5) is 0 Å². The first-order chi connectivity index (χ1) is 7.64. The van der Waals surface area contributed by atoms with Crippen LogP contribution in [0.1, 0.15) is 62.0 Å². The number of rotatable bonds is 2. The molecule has 0 radical (unpaired) electrons. The van der Waals surface area contributed by atoms with E-state index in [-0.39, 0.29) is 17.5 Å². The minimum Gasteiger partial charge on any atom is -0.508 e. The molecule has 0 fully saturated rings. The van der Waals surface area contributed by atoms with E-state index in [1.165, 1.54) is 0 Å². The van der Waals surface area contributed by atoms with Gasteiger partial charge >= 0.3 is 0 Å². The van der Waals surface area contributed by atoms with E-state index in [0.29, 0.717) is 0 Å². The van der Waals surface area contributed by atoms with Crippen molar-refractivity contribution in [3.8, 4) is 5.75 Å². The van der Waals surface area contributed by atoms with Crippen molar-refractivity contribution in [1.82, 2.24) is 0 Å². The predicted molar refractivity (Wildman–Crippen MR) is 70.7 cm³/mol. The normalized spacial score (nSPS) is 11.9. The van der Waals surface area contributed by atoms with Gasteiger partial charge in [-0.15, -0.1) is 0 Å². The Morgan fingerprint density at radius 1 is 1.24 bits per heavy atom. The fraction of sp³-hybridized carbons (Fsp3) is 0.533. The van der Waals surface area contributed by atoms with E-state index in [4.69, 9.17) is 0 Å². The largest absolute Gasteiger partial charge is 0.508 e. The maximum absolute atomic E-state index is 12.3. The van der Waals surface area contributed by atoms with Crippen LogP contribution in [0.5, 0.6) is 5.75 Å². The van der Waals surface area contributed by atoms with Gasteiger partial charge in [-0.05, 0) is 36.1 Å². The Hall–Kier alpha value is -1.31. The molecule has 1 aromatic rings. The van der Waals surface area contributed by atoms with Crippen LogP contribution >= 0.6 is 0 Å². The van der Waals surface area contributed by atoms with Crippen LogP contribution in [0.25, 0.3) is 0 Å². The van der Waals surface area contributed by atoms with Crippen molar-refractivity contribution >= 4 is 5.78 Å². The molecule has 0 saturated heterocycles. The second kappa shape index (κ2) is 4.52. The van der Waals surface area contributed by atoms with Gasteiger partial charge < -0.3 is 5.11 Å². The zero-order valence-electron chi connectivity index (χ0n) is 11.6. The van der Waals surface area contributed by atoms with Crippen LogP contribution in [-0.4, -0.2) is 10.9 Å². The van der Waals surface area contributed by atoms with Crippen LogP contribution in [-0.2, 0) is 0 Å². The highest BCUT2D eigenvalue weighted by Gasteiger charge is 2.25. The molecule has 0 bridgehead atoms. The highest BCUT2D eigenvalue weighted by atomic mass is 16.3. The third-order valence-electron chi connectivity index (χ3n) is 2.92. The van der Waals surface area contributed by atoms with Crippen molar-refractivity contribution < 1.29 is 9.90 Å². The number of aryl methyl sites for hydroxylation is 1. The molecule has 0 aliphatic heterocycles. The third kappa shape index (κ3) is 2.87. The molecular formula is C15H22O2. The zero-order valence-corrected chi connectivity index (χ0v) is 11.6. The van der Waals surface area contributed by atoms with Gasteiger partial charge in [-0.25, -0.2) is 0 Å². The summed E-state index contributed by atoms with van der Waals surface area (Å²) in [6.45, 7) is 11.6. The monoisotopic (exact) mass is 234 g/mol. The van der Waals surface area contributed by atoms with Crippen molar-refractivity contribution in [3.05, 3.63) is 28.8 Å². The van der Waals surface area contributed by atoms with Gasteiger partial charge in [0, 0.05) is 11.0 Å². The molecule has 1 aromatic carbocycles. The lowest BCUT2D eigenvalue weighted by Crippen LogP contribution is -2.21. The van der Waals surface area contributed by atoms with Gasteiger partial charge in [0.25, 0.3) is 0 Å². The van der Waals surface area contributed by atoms with Crippen molar-refractivity contribution in [1.29, 1.82) is 0 Å². The molecule has 0 atom stereocenters. The van der Waals surface area contributed by atoms with Crippen LogP contribution in [0, 0.1) is 12.3 Å². The van der Waals surface area contributed by atoms with Gasteiger partial charge in [0.1, 0.15) is 5.75 Å². The highest BCUT2D eigenvalue weighted by Crippen LogP contribution is 2.31. The number of carbonyl (C=O) groups excluding carboxylic acids is 1. The minimum absolute atomic E-state index is 0.122. The quantitative estimate of drug-likeness (QED) is 0.784. The second-order valence-corrected chi connectivity index (χ2v) is 5.96. The molecule has 17 heavy (non-hydrogen) atoms. The van der Waals surface area contributed by atoms with Gasteiger partial charge in [0.15, 0.2) is 5.78 Å². The molecule has 0 aliphatic carbocycles. The van der Waals surface area contributed by atoms with Gasteiger partial charge in [-0.1, -0.05) is 34.6 Å². The minimum atomic E-state index is -0.393. The van der Waals surface area contributed by atoms with E-state index < -0.39 is 5.41 Å². The molecule has 0 unspecified atom stereocenters. The predicted octanol–water partition coefficient (Wildman–Crippen LogP) is 4.05. The summed E-state index contributed by atoms with van der Waals surface area (Å²) in [5, 5.41) is 9.86. The van der Waals surface area contributed by atoms with Crippen LogP contribution in [0.15, 0.2) is 12.1 Å². The first-order valence-corrected chi connectivity index (χ1v) is 6.03. The topological polar surface area (TPSA) is 37.3 Å². The lowest BCUT2D eigenvalue weighted by Gasteiger charge is -2.20. The summed E-state index contributed by atoms with van der Waals surface area (Å²) in [5.41, 5.74) is 2.00. The molecular weight excluding hydrogens is 212 g/mol. The molecule has 0 spiro atoms. The summed E-state index contributed by atoms with van der Waals surface area (Å²) in [6.07, 6.45) is 0. The summed E-state index contributed by atoms with van der Waals surface area (Å²) < 4.78 is 0. The highest BCUT2D eigenvalue weighted by molar-refractivity contribution is 6.01. The molecule has 2 heteroatoms. The molecule has 94 valence electrons. The van der Waals surface area contributed by atoms with Crippen molar-refractivity contribution in [3.63, 3.8) is 0 Å². The number of phenolic OH excluding ortho intramolecular Hbond substituents is 1. The van der Waals surface area contributed by atoms with E-state index >= 15 is 0 Å². The van der Waals surface area contributed by atoms with E-state index in [1.54, 1.807) is 6.07 Å². The first-order valence-electron chi connectivity index (χ1n) is 6.03. The molecule has 1 N–H and O–H groups in total. The van der Waals surface area contributed by atoms with Crippen molar-refractivity contribution in [2.45, 2.75) is 47.5 Å². The fourth-order valence-corrected chi connectivity index (χ4v) is 1.82. The summed E-state index contributed by atoms with van der Waals surface area (Å²) in [4.78, 5) is 12.3. The second-order valence-electron chi connectivity index (χ2n) is 5.96. The molecule has 0 heterocycles. The first kappa shape index (κ1) is 13.8. The van der Waals surface area contributed by atoms with Gasteiger partial charge in [-0.3, -0.25) is 4.79 Å². The number of Topliss-reactive ketones (excluding diaryl/α,β-unsaturated/α-hetero) is 1. The lowest BCUT2D eigenvalue weighted by molar-refractivity contribution is 0.0857. The Bertz CT molecular complexity index is 437. The number of phenols is 1. The summed E-state index contributed by atoms with van der Waals surface area (Å²) in [5.74, 6) is 0.613. The Morgan fingerprint density at radius 3 is 2.18 bits per heavy atom. The number of benzene rings is 1. The average Bonchev–Trinajstić information content (AvgIpc) is 2.14. The third-order valence-corrected chi connectivity index (χ3v) is 2.92. The summed E-state index contributed by atoms with van der Waals surface area (Å²) in [7, 11) is 0. The van der Waals surface area contributed by atoms with Gasteiger partial charge in [0.2, 0.25) is 0 Å². The van der Waals surface area contributed by atoms with Crippen LogP contribution in [0.3, 0.4) is 0 Å². The SMILES string of the molecule is Cc1cc(O)c(C(C)C)cc1C(=O)C(C)(C)C. The lowest BCUT2D eigenvalue weighted by atomic mass is 9.83. The fourth-order valence-electron chi connectivity index (χ4n) is 1.82.